The van der Waals surface area contributed by atoms with E-state index in [-0.39, 0.29) is 5.82 Å². The molecule has 96 valence electrons. The Morgan fingerprint density at radius 1 is 1.21 bits per heavy atom. The van der Waals surface area contributed by atoms with E-state index in [1.807, 2.05) is 11.4 Å². The van der Waals surface area contributed by atoms with E-state index in [0.29, 0.717) is 5.82 Å². The van der Waals surface area contributed by atoms with Gasteiger partial charge in [0, 0.05) is 4.47 Å². The molecule has 3 N–H and O–H groups in total. The third-order valence-electron chi connectivity index (χ3n) is 2.77. The predicted molar refractivity (Wildman–Crippen MR) is 79.4 cm³/mol. The molecule has 0 amide bonds. The van der Waals surface area contributed by atoms with Gasteiger partial charge in [-0.05, 0) is 45.1 Å². The van der Waals surface area contributed by atoms with E-state index in [0.717, 1.165) is 26.2 Å². The summed E-state index contributed by atoms with van der Waals surface area (Å²) >= 11 is 5.07. The lowest BCUT2D eigenvalue weighted by molar-refractivity contribution is 0.628. The summed E-state index contributed by atoms with van der Waals surface area (Å²) in [6, 6.07) is 8.18. The SMILES string of the molecule is Nc1n[nH]c(-c2sccc2Br)c1-c1ccc(F)cc1. The average molecular weight is 338 g/mol. The van der Waals surface area contributed by atoms with Crippen LogP contribution in [0.4, 0.5) is 10.2 Å². The predicted octanol–water partition coefficient (Wildman–Crippen LogP) is 4.29. The fraction of sp³-hybridized carbons (Fsp3) is 0. The third-order valence-corrected chi connectivity index (χ3v) is 4.63. The van der Waals surface area contributed by atoms with Crippen molar-refractivity contribution in [3.63, 3.8) is 0 Å². The minimum Gasteiger partial charge on any atom is -0.382 e. The number of benzene rings is 1. The second-order valence-electron chi connectivity index (χ2n) is 3.96. The summed E-state index contributed by atoms with van der Waals surface area (Å²) < 4.78 is 14.0. The smallest absolute Gasteiger partial charge is 0.153 e. The van der Waals surface area contributed by atoms with Crippen molar-refractivity contribution in [1.82, 2.24) is 10.2 Å². The summed E-state index contributed by atoms with van der Waals surface area (Å²) in [4.78, 5) is 1.02. The molecule has 2 aromatic heterocycles. The van der Waals surface area contributed by atoms with Crippen molar-refractivity contribution < 1.29 is 4.39 Å². The minimum atomic E-state index is -0.273. The highest BCUT2D eigenvalue weighted by atomic mass is 79.9. The van der Waals surface area contributed by atoms with Crippen LogP contribution in [-0.2, 0) is 0 Å². The number of anilines is 1. The molecule has 3 rings (SSSR count). The van der Waals surface area contributed by atoms with Crippen LogP contribution in [-0.4, -0.2) is 10.2 Å². The van der Waals surface area contributed by atoms with E-state index in [4.69, 9.17) is 5.73 Å². The molecule has 2 heterocycles. The van der Waals surface area contributed by atoms with Gasteiger partial charge in [0.1, 0.15) is 5.82 Å². The van der Waals surface area contributed by atoms with Crippen molar-refractivity contribution in [2.45, 2.75) is 0 Å². The van der Waals surface area contributed by atoms with Gasteiger partial charge >= 0.3 is 0 Å². The van der Waals surface area contributed by atoms with Crippen molar-refractivity contribution in [2.75, 3.05) is 5.73 Å². The van der Waals surface area contributed by atoms with Crippen LogP contribution in [0.1, 0.15) is 0 Å². The highest BCUT2D eigenvalue weighted by Gasteiger charge is 2.17. The molecule has 0 aliphatic heterocycles. The van der Waals surface area contributed by atoms with Gasteiger partial charge in [-0.2, -0.15) is 5.10 Å². The Kier molecular flexibility index (Phi) is 3.12. The fourth-order valence-electron chi connectivity index (χ4n) is 1.90. The van der Waals surface area contributed by atoms with E-state index in [2.05, 4.69) is 26.1 Å². The Balaban J connectivity index is 2.19. The van der Waals surface area contributed by atoms with Gasteiger partial charge < -0.3 is 5.73 Å². The Bertz CT molecular complexity index is 718. The van der Waals surface area contributed by atoms with Crippen LogP contribution >= 0.6 is 27.3 Å². The van der Waals surface area contributed by atoms with E-state index < -0.39 is 0 Å². The Morgan fingerprint density at radius 2 is 1.95 bits per heavy atom. The first kappa shape index (κ1) is 12.4. The minimum absolute atomic E-state index is 0.273. The first-order chi connectivity index (χ1) is 9.16. The van der Waals surface area contributed by atoms with Crippen molar-refractivity contribution in [2.24, 2.45) is 0 Å². The van der Waals surface area contributed by atoms with E-state index in [1.165, 1.54) is 12.1 Å². The Labute approximate surface area is 121 Å². The summed E-state index contributed by atoms with van der Waals surface area (Å²) in [7, 11) is 0. The lowest BCUT2D eigenvalue weighted by atomic mass is 10.0. The van der Waals surface area contributed by atoms with Gasteiger partial charge in [0.25, 0.3) is 0 Å². The van der Waals surface area contributed by atoms with Crippen molar-refractivity contribution in [1.29, 1.82) is 0 Å². The molecule has 1 aromatic carbocycles. The normalized spacial score (nSPS) is 10.8. The lowest BCUT2D eigenvalue weighted by Gasteiger charge is -2.03. The monoisotopic (exact) mass is 337 g/mol. The van der Waals surface area contributed by atoms with E-state index in [9.17, 15) is 4.39 Å². The van der Waals surface area contributed by atoms with Crippen molar-refractivity contribution >= 4 is 33.1 Å². The molecule has 3 aromatic rings. The van der Waals surface area contributed by atoms with E-state index >= 15 is 0 Å². The first-order valence-corrected chi connectivity index (χ1v) is 7.17. The molecule has 0 radical (unpaired) electrons. The Morgan fingerprint density at radius 3 is 2.58 bits per heavy atom. The van der Waals surface area contributed by atoms with Crippen molar-refractivity contribution in [3.05, 3.63) is 46.0 Å². The number of nitrogens with zero attached hydrogens (tertiary/aromatic N) is 1. The number of H-pyrrole nitrogens is 1. The van der Waals surface area contributed by atoms with Crippen LogP contribution in [0.3, 0.4) is 0 Å². The maximum absolute atomic E-state index is 13.0. The molecule has 0 aliphatic carbocycles. The molecule has 0 bridgehead atoms. The van der Waals surface area contributed by atoms with Gasteiger partial charge in [-0.1, -0.05) is 12.1 Å². The largest absolute Gasteiger partial charge is 0.382 e. The van der Waals surface area contributed by atoms with Crippen LogP contribution < -0.4 is 5.73 Å². The summed E-state index contributed by atoms with van der Waals surface area (Å²) in [5.41, 5.74) is 8.39. The summed E-state index contributed by atoms with van der Waals surface area (Å²) in [5.74, 6) is 0.131. The molecule has 0 saturated heterocycles. The number of aromatic amines is 1. The number of hydrogen-bond donors (Lipinski definition) is 2. The average Bonchev–Trinajstić information content (AvgIpc) is 2.97. The number of hydrogen-bond acceptors (Lipinski definition) is 3. The highest BCUT2D eigenvalue weighted by molar-refractivity contribution is 9.10. The second-order valence-corrected chi connectivity index (χ2v) is 5.73. The number of aromatic nitrogens is 2. The van der Waals surface area contributed by atoms with Crippen LogP contribution in [0.25, 0.3) is 21.7 Å². The molecule has 0 aliphatic rings. The number of rotatable bonds is 2. The van der Waals surface area contributed by atoms with Crippen LogP contribution in [0.2, 0.25) is 0 Å². The van der Waals surface area contributed by atoms with Gasteiger partial charge in [-0.15, -0.1) is 11.3 Å². The first-order valence-electron chi connectivity index (χ1n) is 5.50. The molecule has 0 unspecified atom stereocenters. The zero-order valence-electron chi connectivity index (χ0n) is 9.65. The molecule has 0 spiro atoms. The summed E-state index contributed by atoms with van der Waals surface area (Å²) in [5, 5.41) is 8.98. The van der Waals surface area contributed by atoms with Crippen LogP contribution in [0.5, 0.6) is 0 Å². The standard InChI is InChI=1S/C13H9BrFN3S/c14-9-5-6-19-12(9)11-10(13(16)18-17-11)7-1-3-8(15)4-2-7/h1-6H,(H3,16,17,18). The quantitative estimate of drug-likeness (QED) is 0.732. The molecule has 0 fully saturated rings. The second kappa shape index (κ2) is 4.79. The Hall–Kier alpha value is -1.66. The maximum atomic E-state index is 13.0. The topological polar surface area (TPSA) is 54.7 Å². The van der Waals surface area contributed by atoms with Crippen molar-refractivity contribution in [3.8, 4) is 21.7 Å². The molecular weight excluding hydrogens is 329 g/mol. The number of halogens is 2. The molecule has 19 heavy (non-hydrogen) atoms. The fourth-order valence-corrected chi connectivity index (χ4v) is 3.47. The highest BCUT2D eigenvalue weighted by Crippen LogP contribution is 2.40. The number of thiophene rings is 1. The van der Waals surface area contributed by atoms with Gasteiger partial charge in [-0.3, -0.25) is 5.10 Å². The summed E-state index contributed by atoms with van der Waals surface area (Å²) in [6.07, 6.45) is 0. The lowest BCUT2D eigenvalue weighted by Crippen LogP contribution is -1.88. The summed E-state index contributed by atoms with van der Waals surface area (Å²) in [6.45, 7) is 0. The van der Waals surface area contributed by atoms with Gasteiger partial charge in [0.2, 0.25) is 0 Å². The van der Waals surface area contributed by atoms with Gasteiger partial charge in [0.15, 0.2) is 5.82 Å². The van der Waals surface area contributed by atoms with Crippen LogP contribution in [0.15, 0.2) is 40.2 Å². The third kappa shape index (κ3) is 2.17. The maximum Gasteiger partial charge on any atom is 0.153 e. The molecular formula is C13H9BrFN3S. The molecule has 6 heteroatoms. The molecule has 3 nitrogen and oxygen atoms in total. The molecule has 0 atom stereocenters. The number of nitrogen functional groups attached to an aromatic ring is 1. The van der Waals surface area contributed by atoms with Gasteiger partial charge in [0.05, 0.1) is 16.1 Å². The van der Waals surface area contributed by atoms with E-state index in [1.54, 1.807) is 23.5 Å². The molecule has 0 saturated carbocycles. The van der Waals surface area contributed by atoms with Crippen LogP contribution in [0, 0.1) is 5.82 Å². The van der Waals surface area contributed by atoms with Gasteiger partial charge in [-0.25, -0.2) is 4.39 Å². The number of nitrogens with one attached hydrogen (secondary N) is 1. The zero-order chi connectivity index (χ0) is 13.4. The zero-order valence-corrected chi connectivity index (χ0v) is 12.1. The number of nitrogens with two attached hydrogens (primary N) is 1.